The van der Waals surface area contributed by atoms with E-state index in [1.54, 1.807) is 31.2 Å². The molecule has 0 aliphatic rings. The van der Waals surface area contributed by atoms with Gasteiger partial charge in [0, 0.05) is 10.0 Å². The molecule has 0 spiro atoms. The second kappa shape index (κ2) is 7.15. The van der Waals surface area contributed by atoms with E-state index in [-0.39, 0.29) is 5.91 Å². The Balaban J connectivity index is 1.74. The lowest BCUT2D eigenvalue weighted by atomic mass is 10.2. The number of rotatable bonds is 4. The van der Waals surface area contributed by atoms with Crippen molar-refractivity contribution in [3.8, 4) is 11.4 Å². The van der Waals surface area contributed by atoms with E-state index in [9.17, 15) is 4.79 Å². The van der Waals surface area contributed by atoms with Crippen LogP contribution in [0.5, 0.6) is 0 Å². The normalized spacial score (nSPS) is 12.0. The standard InChI is InChI=1S/C17H13BrClN3O2/c1-10(20-16(23)13-4-2-3-5-14(13)19)17-21-15(22-24-17)11-6-8-12(18)9-7-11/h2-10H,1H3,(H,20,23)/t10-/m1/s1. The monoisotopic (exact) mass is 405 g/mol. The minimum Gasteiger partial charge on any atom is -0.340 e. The molecule has 5 nitrogen and oxygen atoms in total. The Morgan fingerprint density at radius 3 is 2.62 bits per heavy atom. The molecule has 3 aromatic rings. The van der Waals surface area contributed by atoms with Gasteiger partial charge in [0.2, 0.25) is 11.7 Å². The van der Waals surface area contributed by atoms with E-state index in [1.165, 1.54) is 0 Å². The van der Waals surface area contributed by atoms with Gasteiger partial charge in [-0.2, -0.15) is 4.98 Å². The van der Waals surface area contributed by atoms with E-state index in [2.05, 4.69) is 31.4 Å². The lowest BCUT2D eigenvalue weighted by Crippen LogP contribution is -2.27. The molecule has 1 atom stereocenters. The number of aromatic nitrogens is 2. The van der Waals surface area contributed by atoms with Gasteiger partial charge in [0.25, 0.3) is 5.91 Å². The molecule has 3 rings (SSSR count). The Morgan fingerprint density at radius 2 is 1.92 bits per heavy atom. The smallest absolute Gasteiger partial charge is 0.253 e. The number of hydrogen-bond donors (Lipinski definition) is 1. The molecule has 1 N–H and O–H groups in total. The number of nitrogens with zero attached hydrogens (tertiary/aromatic N) is 2. The van der Waals surface area contributed by atoms with Gasteiger partial charge in [-0.3, -0.25) is 4.79 Å². The summed E-state index contributed by atoms with van der Waals surface area (Å²) in [6.45, 7) is 1.77. The largest absolute Gasteiger partial charge is 0.340 e. The summed E-state index contributed by atoms with van der Waals surface area (Å²) in [5.74, 6) is 0.501. The zero-order chi connectivity index (χ0) is 17.1. The third-order valence-electron chi connectivity index (χ3n) is 3.38. The summed E-state index contributed by atoms with van der Waals surface area (Å²) in [4.78, 5) is 16.6. The van der Waals surface area contributed by atoms with E-state index in [0.717, 1.165) is 10.0 Å². The van der Waals surface area contributed by atoms with Gasteiger partial charge < -0.3 is 9.84 Å². The van der Waals surface area contributed by atoms with Crippen LogP contribution in [0.25, 0.3) is 11.4 Å². The Hall–Kier alpha value is -2.18. The molecular weight excluding hydrogens is 394 g/mol. The average molecular weight is 407 g/mol. The molecule has 24 heavy (non-hydrogen) atoms. The zero-order valence-electron chi connectivity index (χ0n) is 12.7. The van der Waals surface area contributed by atoms with Crippen molar-refractivity contribution in [1.82, 2.24) is 15.5 Å². The average Bonchev–Trinajstić information content (AvgIpc) is 3.06. The first-order chi connectivity index (χ1) is 11.5. The van der Waals surface area contributed by atoms with Gasteiger partial charge in [-0.05, 0) is 43.3 Å². The maximum absolute atomic E-state index is 12.3. The summed E-state index contributed by atoms with van der Waals surface area (Å²) in [6, 6.07) is 14.0. The maximum atomic E-state index is 12.3. The fourth-order valence-electron chi connectivity index (χ4n) is 2.11. The van der Waals surface area contributed by atoms with Crippen molar-refractivity contribution in [3.63, 3.8) is 0 Å². The number of hydrogen-bond acceptors (Lipinski definition) is 4. The van der Waals surface area contributed by atoms with Crippen LogP contribution in [0.3, 0.4) is 0 Å². The van der Waals surface area contributed by atoms with Gasteiger partial charge in [0.05, 0.1) is 10.6 Å². The highest BCUT2D eigenvalue weighted by Crippen LogP contribution is 2.21. The van der Waals surface area contributed by atoms with Crippen LogP contribution >= 0.6 is 27.5 Å². The second-order valence-electron chi connectivity index (χ2n) is 5.14. The predicted octanol–water partition coefficient (Wildman–Crippen LogP) is 4.64. The maximum Gasteiger partial charge on any atom is 0.253 e. The summed E-state index contributed by atoms with van der Waals surface area (Å²) in [7, 11) is 0. The van der Waals surface area contributed by atoms with E-state index in [0.29, 0.717) is 22.3 Å². The van der Waals surface area contributed by atoms with Crippen LogP contribution in [0.15, 0.2) is 57.5 Å². The SMILES string of the molecule is C[C@@H](NC(=O)c1ccccc1Cl)c1nc(-c2ccc(Br)cc2)no1. The van der Waals surface area contributed by atoms with Gasteiger partial charge in [0.15, 0.2) is 0 Å². The first-order valence-corrected chi connectivity index (χ1v) is 8.36. The number of halogens is 2. The molecule has 1 heterocycles. The highest BCUT2D eigenvalue weighted by molar-refractivity contribution is 9.10. The number of nitrogens with one attached hydrogen (secondary N) is 1. The van der Waals surface area contributed by atoms with Crippen LogP contribution in [0.4, 0.5) is 0 Å². The molecule has 1 aromatic heterocycles. The Bertz CT molecular complexity index is 864. The summed E-state index contributed by atoms with van der Waals surface area (Å²) in [5.41, 5.74) is 1.23. The third kappa shape index (κ3) is 3.66. The molecule has 0 radical (unpaired) electrons. The van der Waals surface area contributed by atoms with Gasteiger partial charge in [-0.25, -0.2) is 0 Å². The van der Waals surface area contributed by atoms with Gasteiger partial charge in [-0.15, -0.1) is 0 Å². The number of amides is 1. The summed E-state index contributed by atoms with van der Waals surface area (Å²) >= 11 is 9.41. The molecule has 0 saturated heterocycles. The molecule has 2 aromatic carbocycles. The minimum atomic E-state index is -0.439. The van der Waals surface area contributed by atoms with Crippen molar-refractivity contribution in [2.24, 2.45) is 0 Å². The van der Waals surface area contributed by atoms with E-state index in [4.69, 9.17) is 16.1 Å². The molecule has 0 unspecified atom stereocenters. The lowest BCUT2D eigenvalue weighted by molar-refractivity contribution is 0.0932. The first-order valence-electron chi connectivity index (χ1n) is 7.19. The van der Waals surface area contributed by atoms with Crippen molar-refractivity contribution in [2.45, 2.75) is 13.0 Å². The van der Waals surface area contributed by atoms with Crippen LogP contribution in [-0.2, 0) is 0 Å². The topological polar surface area (TPSA) is 68.0 Å². The van der Waals surface area contributed by atoms with E-state index < -0.39 is 6.04 Å². The summed E-state index contributed by atoms with van der Waals surface area (Å²) < 4.78 is 6.23. The Morgan fingerprint density at radius 1 is 1.21 bits per heavy atom. The molecule has 0 aliphatic heterocycles. The van der Waals surface area contributed by atoms with Gasteiger partial charge in [0.1, 0.15) is 6.04 Å². The van der Waals surface area contributed by atoms with Crippen molar-refractivity contribution < 1.29 is 9.32 Å². The van der Waals surface area contributed by atoms with Gasteiger partial charge in [-0.1, -0.05) is 44.8 Å². The molecule has 0 fully saturated rings. The van der Waals surface area contributed by atoms with Crippen LogP contribution in [0.1, 0.15) is 29.2 Å². The lowest BCUT2D eigenvalue weighted by Gasteiger charge is -2.10. The van der Waals surface area contributed by atoms with Crippen LogP contribution in [-0.4, -0.2) is 16.0 Å². The second-order valence-corrected chi connectivity index (χ2v) is 6.46. The van der Waals surface area contributed by atoms with E-state index >= 15 is 0 Å². The van der Waals surface area contributed by atoms with Crippen LogP contribution in [0, 0.1) is 0 Å². The fraction of sp³-hybridized carbons (Fsp3) is 0.118. The number of carbonyl (C=O) groups is 1. The minimum absolute atomic E-state index is 0.295. The quantitative estimate of drug-likeness (QED) is 0.685. The molecule has 0 bridgehead atoms. The number of benzene rings is 2. The highest BCUT2D eigenvalue weighted by atomic mass is 79.9. The van der Waals surface area contributed by atoms with E-state index in [1.807, 2.05) is 24.3 Å². The molecular formula is C17H13BrClN3O2. The van der Waals surface area contributed by atoms with Crippen molar-refractivity contribution >= 4 is 33.4 Å². The first kappa shape index (κ1) is 16.7. The fourth-order valence-corrected chi connectivity index (χ4v) is 2.59. The predicted molar refractivity (Wildman–Crippen MR) is 94.8 cm³/mol. The van der Waals surface area contributed by atoms with Gasteiger partial charge >= 0.3 is 0 Å². The van der Waals surface area contributed by atoms with Crippen LogP contribution in [0.2, 0.25) is 5.02 Å². The van der Waals surface area contributed by atoms with Crippen molar-refractivity contribution in [1.29, 1.82) is 0 Å². The van der Waals surface area contributed by atoms with Crippen molar-refractivity contribution in [3.05, 3.63) is 69.5 Å². The molecule has 0 aliphatic carbocycles. The molecule has 1 amide bonds. The number of carbonyl (C=O) groups excluding carboxylic acids is 1. The third-order valence-corrected chi connectivity index (χ3v) is 4.24. The van der Waals surface area contributed by atoms with Crippen molar-refractivity contribution in [2.75, 3.05) is 0 Å². The Kier molecular flexibility index (Phi) is 4.97. The zero-order valence-corrected chi connectivity index (χ0v) is 15.0. The summed E-state index contributed by atoms with van der Waals surface area (Å²) in [6.07, 6.45) is 0. The molecule has 0 saturated carbocycles. The molecule has 122 valence electrons. The van der Waals surface area contributed by atoms with Crippen LogP contribution < -0.4 is 5.32 Å². The summed E-state index contributed by atoms with van der Waals surface area (Å²) in [5, 5.41) is 7.15. The Labute approximate surface area is 152 Å². The molecule has 7 heteroatoms. The highest BCUT2D eigenvalue weighted by Gasteiger charge is 2.19.